The van der Waals surface area contributed by atoms with Crippen LogP contribution >= 0.6 is 0 Å². The summed E-state index contributed by atoms with van der Waals surface area (Å²) in [5.41, 5.74) is 0.0500. The summed E-state index contributed by atoms with van der Waals surface area (Å²) in [6.07, 6.45) is 0.482. The van der Waals surface area contributed by atoms with Crippen LogP contribution in [-0.2, 0) is 4.79 Å². The fourth-order valence-electron chi connectivity index (χ4n) is 3.25. The Morgan fingerprint density at radius 3 is 2.58 bits per heavy atom. The number of rotatable bonds is 7. The van der Waals surface area contributed by atoms with Gasteiger partial charge in [-0.3, -0.25) is 14.5 Å². The summed E-state index contributed by atoms with van der Waals surface area (Å²) < 4.78 is 29.4. The van der Waals surface area contributed by atoms with E-state index < -0.39 is 12.5 Å². The lowest BCUT2D eigenvalue weighted by Gasteiger charge is -2.26. The van der Waals surface area contributed by atoms with Crippen molar-refractivity contribution >= 4 is 11.8 Å². The molecule has 0 spiro atoms. The molecule has 0 bridgehead atoms. The summed E-state index contributed by atoms with van der Waals surface area (Å²) >= 11 is 0. The number of para-hydroxylation sites is 1. The monoisotopic (exact) mass is 369 g/mol. The van der Waals surface area contributed by atoms with Crippen molar-refractivity contribution in [2.24, 2.45) is 0 Å². The number of halogens is 2. The summed E-state index contributed by atoms with van der Waals surface area (Å²) in [4.78, 5) is 28.7. The van der Waals surface area contributed by atoms with Crippen LogP contribution < -0.4 is 10.1 Å². The number of carbonyl (C=O) groups excluding carboxylic acids is 2. The van der Waals surface area contributed by atoms with Gasteiger partial charge in [0.1, 0.15) is 5.75 Å². The zero-order chi connectivity index (χ0) is 19.3. The first-order valence-corrected chi connectivity index (χ1v) is 8.71. The number of carbonyl (C=O) groups is 2. The minimum atomic E-state index is -3.00. The predicted octanol–water partition coefficient (Wildman–Crippen LogP) is 1.96. The van der Waals surface area contributed by atoms with Crippen LogP contribution in [0.1, 0.15) is 30.6 Å². The largest absolute Gasteiger partial charge is 0.434 e. The van der Waals surface area contributed by atoms with E-state index in [-0.39, 0.29) is 29.3 Å². The number of nitrogens with one attached hydrogen (secondary N) is 1. The van der Waals surface area contributed by atoms with Crippen molar-refractivity contribution in [1.82, 2.24) is 15.1 Å². The molecule has 1 saturated heterocycles. The fourth-order valence-corrected chi connectivity index (χ4v) is 3.25. The highest BCUT2D eigenvalue weighted by atomic mass is 19.3. The lowest BCUT2D eigenvalue weighted by atomic mass is 10.1. The van der Waals surface area contributed by atoms with Gasteiger partial charge in [0.05, 0.1) is 11.6 Å². The quantitative estimate of drug-likeness (QED) is 0.798. The molecule has 0 aliphatic carbocycles. The van der Waals surface area contributed by atoms with E-state index in [1.807, 2.05) is 25.8 Å². The number of hydrogen-bond donors (Lipinski definition) is 1. The predicted molar refractivity (Wildman–Crippen MR) is 93.3 cm³/mol. The molecule has 2 unspecified atom stereocenters. The molecule has 8 heteroatoms. The Hall–Kier alpha value is -2.22. The van der Waals surface area contributed by atoms with Crippen LogP contribution in [0.15, 0.2) is 24.3 Å². The van der Waals surface area contributed by atoms with Gasteiger partial charge in [-0.25, -0.2) is 0 Å². The third-order valence-electron chi connectivity index (χ3n) is 4.59. The van der Waals surface area contributed by atoms with Crippen molar-refractivity contribution in [2.75, 3.05) is 26.7 Å². The summed E-state index contributed by atoms with van der Waals surface area (Å²) in [6.45, 7) is 2.63. The molecular weight excluding hydrogens is 344 g/mol. The minimum Gasteiger partial charge on any atom is -0.434 e. The molecule has 1 N–H and O–H groups in total. The Kier molecular flexibility index (Phi) is 6.90. The van der Waals surface area contributed by atoms with Crippen molar-refractivity contribution in [1.29, 1.82) is 0 Å². The number of alkyl halides is 2. The number of benzene rings is 1. The average Bonchev–Trinajstić information content (AvgIpc) is 2.96. The third kappa shape index (κ3) is 4.69. The highest BCUT2D eigenvalue weighted by Gasteiger charge is 2.37. The first-order valence-electron chi connectivity index (χ1n) is 8.71. The fraction of sp³-hybridized carbons (Fsp3) is 0.556. The molecule has 1 aromatic rings. The molecular formula is C18H25F2N3O3. The number of nitrogens with zero attached hydrogens (tertiary/aromatic N) is 2. The van der Waals surface area contributed by atoms with Crippen LogP contribution in [0.2, 0.25) is 0 Å². The van der Waals surface area contributed by atoms with Gasteiger partial charge < -0.3 is 15.0 Å². The van der Waals surface area contributed by atoms with Crippen LogP contribution in [0.3, 0.4) is 0 Å². The topological polar surface area (TPSA) is 61.9 Å². The second-order valence-electron chi connectivity index (χ2n) is 6.25. The van der Waals surface area contributed by atoms with E-state index in [0.717, 1.165) is 0 Å². The van der Waals surface area contributed by atoms with Gasteiger partial charge >= 0.3 is 6.61 Å². The van der Waals surface area contributed by atoms with Crippen molar-refractivity contribution in [2.45, 2.75) is 39.0 Å². The number of ether oxygens (including phenoxy) is 1. The van der Waals surface area contributed by atoms with E-state index in [1.165, 1.54) is 18.2 Å². The lowest BCUT2D eigenvalue weighted by Crippen LogP contribution is -2.44. The SMILES string of the molecule is CCN(CC)C(=O)C1CC(NC(=O)c2ccccc2OC(F)F)CN1C. The van der Waals surface area contributed by atoms with Crippen molar-refractivity contribution < 1.29 is 23.1 Å². The first-order chi connectivity index (χ1) is 12.4. The van der Waals surface area contributed by atoms with Gasteiger partial charge in [-0.15, -0.1) is 0 Å². The summed E-state index contributed by atoms with van der Waals surface area (Å²) in [5, 5.41) is 2.82. The average molecular weight is 369 g/mol. The lowest BCUT2D eigenvalue weighted by molar-refractivity contribution is -0.135. The van der Waals surface area contributed by atoms with Gasteiger partial charge in [-0.1, -0.05) is 12.1 Å². The molecule has 1 aliphatic rings. The van der Waals surface area contributed by atoms with Crippen molar-refractivity contribution in [3.05, 3.63) is 29.8 Å². The Morgan fingerprint density at radius 2 is 1.96 bits per heavy atom. The Balaban J connectivity index is 2.04. The summed E-state index contributed by atoms with van der Waals surface area (Å²) in [6, 6.07) is 5.33. The van der Waals surface area contributed by atoms with Gasteiger partial charge in [-0.05, 0) is 39.4 Å². The molecule has 0 radical (unpaired) electrons. The number of likely N-dealkylation sites (tertiary alicyclic amines) is 1. The second kappa shape index (κ2) is 8.93. The van der Waals surface area contributed by atoms with Crippen molar-refractivity contribution in [3.63, 3.8) is 0 Å². The first kappa shape index (κ1) is 20.1. The molecule has 0 saturated carbocycles. The van der Waals surface area contributed by atoms with E-state index in [9.17, 15) is 18.4 Å². The standard InChI is InChI=1S/C18H25F2N3O3/c1-4-23(5-2)17(25)14-10-12(11-22(14)3)21-16(24)13-8-6-7-9-15(13)26-18(19)20/h6-9,12,14,18H,4-5,10-11H2,1-3H3,(H,21,24). The molecule has 6 nitrogen and oxygen atoms in total. The van der Waals surface area contributed by atoms with E-state index in [0.29, 0.717) is 26.1 Å². The van der Waals surface area contributed by atoms with Gasteiger partial charge in [0.2, 0.25) is 5.91 Å². The molecule has 1 heterocycles. The highest BCUT2D eigenvalue weighted by molar-refractivity contribution is 5.97. The van der Waals surface area contributed by atoms with Gasteiger partial charge in [0.25, 0.3) is 5.91 Å². The zero-order valence-electron chi connectivity index (χ0n) is 15.2. The Labute approximate surface area is 152 Å². The minimum absolute atomic E-state index is 0.0377. The molecule has 144 valence electrons. The Morgan fingerprint density at radius 1 is 1.31 bits per heavy atom. The molecule has 26 heavy (non-hydrogen) atoms. The van der Waals surface area contributed by atoms with E-state index in [2.05, 4.69) is 10.1 Å². The highest BCUT2D eigenvalue weighted by Crippen LogP contribution is 2.22. The molecule has 1 aliphatic heterocycles. The zero-order valence-corrected chi connectivity index (χ0v) is 15.2. The molecule has 1 aromatic carbocycles. The van der Waals surface area contributed by atoms with Crippen molar-refractivity contribution in [3.8, 4) is 5.75 Å². The molecule has 2 atom stereocenters. The maximum atomic E-state index is 12.6. The number of hydrogen-bond acceptors (Lipinski definition) is 4. The summed E-state index contributed by atoms with van der Waals surface area (Å²) in [7, 11) is 1.84. The van der Waals surface area contributed by atoms with E-state index in [4.69, 9.17) is 0 Å². The van der Waals surface area contributed by atoms with Gasteiger partial charge in [-0.2, -0.15) is 8.78 Å². The normalized spacial score (nSPS) is 20.2. The molecule has 1 fully saturated rings. The second-order valence-corrected chi connectivity index (χ2v) is 6.25. The van der Waals surface area contributed by atoms with Crippen LogP contribution in [0, 0.1) is 0 Å². The molecule has 2 rings (SSSR count). The van der Waals surface area contributed by atoms with E-state index in [1.54, 1.807) is 11.0 Å². The van der Waals surface area contributed by atoms with Crippen LogP contribution in [-0.4, -0.2) is 67.0 Å². The molecule has 0 aromatic heterocycles. The summed E-state index contributed by atoms with van der Waals surface area (Å²) in [5.74, 6) is -0.617. The van der Waals surface area contributed by atoms with Gasteiger partial charge in [0.15, 0.2) is 0 Å². The Bertz CT molecular complexity index is 638. The number of amides is 2. The van der Waals surface area contributed by atoms with E-state index >= 15 is 0 Å². The maximum Gasteiger partial charge on any atom is 0.387 e. The van der Waals surface area contributed by atoms with Crippen LogP contribution in [0.5, 0.6) is 5.75 Å². The maximum absolute atomic E-state index is 12.6. The number of likely N-dealkylation sites (N-methyl/N-ethyl adjacent to an activating group) is 2. The van der Waals surface area contributed by atoms with Crippen LogP contribution in [0.25, 0.3) is 0 Å². The third-order valence-corrected chi connectivity index (χ3v) is 4.59. The molecule has 2 amide bonds. The smallest absolute Gasteiger partial charge is 0.387 e. The van der Waals surface area contributed by atoms with Crippen LogP contribution in [0.4, 0.5) is 8.78 Å². The van der Waals surface area contributed by atoms with Gasteiger partial charge in [0, 0.05) is 25.7 Å².